The maximum Gasteiger partial charge on any atom is 0.312 e. The molecule has 0 aromatic heterocycles. The molecule has 0 bridgehead atoms. The molecule has 1 N–H and O–H groups in total. The number of ether oxygens (including phenoxy) is 1. The van der Waals surface area contributed by atoms with Crippen LogP contribution in [0.1, 0.15) is 25.7 Å². The third-order valence-corrected chi connectivity index (χ3v) is 3.79. The van der Waals surface area contributed by atoms with Crippen molar-refractivity contribution >= 4 is 21.6 Å². The molecule has 1 fully saturated rings. The van der Waals surface area contributed by atoms with E-state index in [1.807, 2.05) is 0 Å². The molecule has 0 unspecified atom stereocenters. The van der Waals surface area contributed by atoms with Gasteiger partial charge in [-0.15, -0.1) is 0 Å². The Labute approximate surface area is 113 Å². The molecule has 0 heterocycles. The van der Waals surface area contributed by atoms with E-state index in [4.69, 9.17) is 4.74 Å². The van der Waals surface area contributed by atoms with Crippen LogP contribution in [-0.4, -0.2) is 22.2 Å². The number of nitro benzene ring substituents is 1. The zero-order valence-electron chi connectivity index (χ0n) is 9.76. The Balaban J connectivity index is 2.15. The summed E-state index contributed by atoms with van der Waals surface area (Å²) in [5.41, 5.74) is -0.936. The number of nitro groups is 1. The van der Waals surface area contributed by atoms with Crippen LogP contribution in [0.4, 0.5) is 5.69 Å². The zero-order chi connectivity index (χ0) is 13.2. The molecule has 98 valence electrons. The highest BCUT2D eigenvalue weighted by molar-refractivity contribution is 9.10. The van der Waals surface area contributed by atoms with Crippen molar-refractivity contribution in [1.29, 1.82) is 0 Å². The van der Waals surface area contributed by atoms with E-state index >= 15 is 0 Å². The van der Waals surface area contributed by atoms with Gasteiger partial charge in [-0.25, -0.2) is 0 Å². The highest BCUT2D eigenvalue weighted by atomic mass is 79.9. The van der Waals surface area contributed by atoms with Gasteiger partial charge in [0.1, 0.15) is 6.61 Å². The molecule has 0 aliphatic heterocycles. The van der Waals surface area contributed by atoms with E-state index in [1.165, 1.54) is 6.07 Å². The van der Waals surface area contributed by atoms with Gasteiger partial charge < -0.3 is 9.84 Å². The molecule has 1 aromatic rings. The van der Waals surface area contributed by atoms with Crippen LogP contribution in [0.5, 0.6) is 5.75 Å². The molecule has 5 nitrogen and oxygen atoms in total. The first kappa shape index (κ1) is 13.3. The summed E-state index contributed by atoms with van der Waals surface area (Å²) in [4.78, 5) is 10.4. The van der Waals surface area contributed by atoms with Crippen molar-refractivity contribution in [2.45, 2.75) is 31.3 Å². The summed E-state index contributed by atoms with van der Waals surface area (Å²) in [5, 5.41) is 21.1. The van der Waals surface area contributed by atoms with Crippen molar-refractivity contribution in [2.75, 3.05) is 6.61 Å². The van der Waals surface area contributed by atoms with Gasteiger partial charge in [0.15, 0.2) is 0 Å². The third-order valence-electron chi connectivity index (χ3n) is 3.16. The fourth-order valence-corrected chi connectivity index (χ4v) is 2.64. The van der Waals surface area contributed by atoms with E-state index in [-0.39, 0.29) is 18.0 Å². The monoisotopic (exact) mass is 315 g/mol. The lowest BCUT2D eigenvalue weighted by atomic mass is 10.0. The van der Waals surface area contributed by atoms with Crippen LogP contribution in [0.15, 0.2) is 22.7 Å². The molecule has 0 atom stereocenters. The topological polar surface area (TPSA) is 72.6 Å². The number of para-hydroxylation sites is 1. The smallest absolute Gasteiger partial charge is 0.312 e. The molecule has 0 saturated heterocycles. The number of halogens is 1. The molecular weight excluding hydrogens is 302 g/mol. The minimum atomic E-state index is -0.844. The van der Waals surface area contributed by atoms with Crippen molar-refractivity contribution in [3.63, 3.8) is 0 Å². The average Bonchev–Trinajstić information content (AvgIpc) is 2.74. The van der Waals surface area contributed by atoms with Crippen LogP contribution < -0.4 is 4.74 Å². The summed E-state index contributed by atoms with van der Waals surface area (Å²) >= 11 is 3.23. The number of hydrogen-bond acceptors (Lipinski definition) is 4. The van der Waals surface area contributed by atoms with E-state index in [0.717, 1.165) is 12.8 Å². The number of aliphatic hydroxyl groups is 1. The lowest BCUT2D eigenvalue weighted by Gasteiger charge is -2.22. The third kappa shape index (κ3) is 2.81. The maximum absolute atomic E-state index is 10.9. The molecule has 1 saturated carbocycles. The molecule has 1 aliphatic carbocycles. The van der Waals surface area contributed by atoms with Crippen molar-refractivity contribution in [1.82, 2.24) is 0 Å². The zero-order valence-corrected chi connectivity index (χ0v) is 11.4. The Bertz CT molecular complexity index is 457. The normalized spacial score (nSPS) is 17.7. The van der Waals surface area contributed by atoms with Crippen LogP contribution in [0, 0.1) is 10.1 Å². The van der Waals surface area contributed by atoms with Gasteiger partial charge in [0.05, 0.1) is 15.0 Å². The van der Waals surface area contributed by atoms with Gasteiger partial charge in [-0.2, -0.15) is 0 Å². The maximum atomic E-state index is 10.9. The van der Waals surface area contributed by atoms with Crippen LogP contribution in [0.2, 0.25) is 0 Å². The minimum Gasteiger partial charge on any atom is -0.483 e. The van der Waals surface area contributed by atoms with Gasteiger partial charge in [0, 0.05) is 6.07 Å². The number of rotatable bonds is 4. The predicted octanol–water partition coefficient (Wildman–Crippen LogP) is 3.04. The van der Waals surface area contributed by atoms with Crippen LogP contribution in [0.25, 0.3) is 0 Å². The van der Waals surface area contributed by atoms with Gasteiger partial charge >= 0.3 is 5.69 Å². The molecular formula is C12H14BrNO4. The van der Waals surface area contributed by atoms with E-state index in [2.05, 4.69) is 15.9 Å². The van der Waals surface area contributed by atoms with Crippen molar-refractivity contribution < 1.29 is 14.8 Å². The second-order valence-corrected chi connectivity index (χ2v) is 5.42. The quantitative estimate of drug-likeness (QED) is 0.684. The Morgan fingerprint density at radius 2 is 2.11 bits per heavy atom. The fraction of sp³-hybridized carbons (Fsp3) is 0.500. The molecule has 0 radical (unpaired) electrons. The first-order valence-corrected chi connectivity index (χ1v) is 6.59. The predicted molar refractivity (Wildman–Crippen MR) is 69.7 cm³/mol. The molecule has 6 heteroatoms. The van der Waals surface area contributed by atoms with Crippen molar-refractivity contribution in [2.24, 2.45) is 0 Å². The van der Waals surface area contributed by atoms with Crippen LogP contribution >= 0.6 is 15.9 Å². The first-order chi connectivity index (χ1) is 8.52. The van der Waals surface area contributed by atoms with Crippen LogP contribution in [-0.2, 0) is 0 Å². The molecule has 0 spiro atoms. The average molecular weight is 316 g/mol. The summed E-state index contributed by atoms with van der Waals surface area (Å²) in [6, 6.07) is 4.65. The van der Waals surface area contributed by atoms with E-state index < -0.39 is 10.5 Å². The van der Waals surface area contributed by atoms with Crippen LogP contribution in [0.3, 0.4) is 0 Å². The Kier molecular flexibility index (Phi) is 3.87. The standard InChI is InChI=1S/C12H14BrNO4/c13-9-4-3-5-10(14(16)17)11(9)18-8-12(15)6-1-2-7-12/h3-5,15H,1-2,6-8H2. The lowest BCUT2D eigenvalue weighted by Crippen LogP contribution is -2.32. The van der Waals surface area contributed by atoms with Gasteiger partial charge in [-0.05, 0) is 34.8 Å². The van der Waals surface area contributed by atoms with Crippen molar-refractivity contribution in [3.8, 4) is 5.75 Å². The molecule has 0 amide bonds. The highest BCUT2D eigenvalue weighted by Crippen LogP contribution is 2.37. The SMILES string of the molecule is O=[N+]([O-])c1cccc(Br)c1OCC1(O)CCCC1. The first-order valence-electron chi connectivity index (χ1n) is 5.80. The van der Waals surface area contributed by atoms with Gasteiger partial charge in [0.2, 0.25) is 5.75 Å². The van der Waals surface area contributed by atoms with E-state index in [9.17, 15) is 15.2 Å². The fourth-order valence-electron chi connectivity index (χ4n) is 2.17. The summed E-state index contributed by atoms with van der Waals surface area (Å²) in [7, 11) is 0. The lowest BCUT2D eigenvalue weighted by molar-refractivity contribution is -0.386. The van der Waals surface area contributed by atoms with Crippen molar-refractivity contribution in [3.05, 3.63) is 32.8 Å². The molecule has 18 heavy (non-hydrogen) atoms. The minimum absolute atomic E-state index is 0.0917. The number of nitrogens with zero attached hydrogens (tertiary/aromatic N) is 1. The van der Waals surface area contributed by atoms with Gasteiger partial charge in [-0.1, -0.05) is 18.9 Å². The summed E-state index contributed by atoms with van der Waals surface area (Å²) in [6.07, 6.45) is 3.31. The molecule has 2 rings (SSSR count). The number of hydrogen-bond donors (Lipinski definition) is 1. The van der Waals surface area contributed by atoms with E-state index in [1.54, 1.807) is 12.1 Å². The Hall–Kier alpha value is -1.14. The Morgan fingerprint density at radius 1 is 1.44 bits per heavy atom. The largest absolute Gasteiger partial charge is 0.483 e. The molecule has 1 aromatic carbocycles. The van der Waals surface area contributed by atoms with Gasteiger partial charge in [0.25, 0.3) is 0 Å². The van der Waals surface area contributed by atoms with Gasteiger partial charge in [-0.3, -0.25) is 10.1 Å². The van der Waals surface area contributed by atoms with E-state index in [0.29, 0.717) is 17.3 Å². The second kappa shape index (κ2) is 5.24. The summed E-state index contributed by atoms with van der Waals surface area (Å²) in [5.74, 6) is 0.183. The second-order valence-electron chi connectivity index (χ2n) is 4.57. The summed E-state index contributed by atoms with van der Waals surface area (Å²) in [6.45, 7) is 0.0937. The Morgan fingerprint density at radius 3 is 2.72 bits per heavy atom. The molecule has 1 aliphatic rings. The number of benzene rings is 1. The highest BCUT2D eigenvalue weighted by Gasteiger charge is 2.33. The summed E-state index contributed by atoms with van der Waals surface area (Å²) < 4.78 is 6.00.